The number of thiol groups is 1. The average Bonchev–Trinajstić information content (AvgIpc) is 2.65. The van der Waals surface area contributed by atoms with Crippen molar-refractivity contribution in [2.45, 2.75) is 50.8 Å². The molecule has 0 aliphatic rings. The fourth-order valence-corrected chi connectivity index (χ4v) is 2.15. The number of nitrogens with zero attached hydrogens (tertiary/aromatic N) is 2. The van der Waals surface area contributed by atoms with E-state index in [1.54, 1.807) is 12.4 Å². The van der Waals surface area contributed by atoms with Crippen molar-refractivity contribution < 1.29 is 8.78 Å². The monoisotopic (exact) mass is 485 g/mol. The van der Waals surface area contributed by atoms with Gasteiger partial charge in [-0.1, -0.05) is 39.0 Å². The summed E-state index contributed by atoms with van der Waals surface area (Å²) in [7, 11) is 0. The highest BCUT2D eigenvalue weighted by atomic mass is 79.9. The van der Waals surface area contributed by atoms with E-state index in [1.807, 2.05) is 6.08 Å². The average molecular weight is 486 g/mol. The van der Waals surface area contributed by atoms with Crippen LogP contribution in [-0.2, 0) is 0 Å². The molecule has 3 nitrogen and oxygen atoms in total. The molecule has 0 aliphatic heterocycles. The lowest BCUT2D eigenvalue weighted by Gasteiger charge is -2.10. The topological polar surface area (TPSA) is 51.8 Å². The molecule has 2 rings (SSSR count). The molecular formula is C22H30BrF2N3S. The number of hydrogen-bond acceptors (Lipinski definition) is 4. The molecule has 0 radical (unpaired) electrons. The number of aromatic nitrogens is 2. The minimum Gasteiger partial charge on any atom is -0.323 e. The zero-order chi connectivity index (χ0) is 22.9. The molecule has 0 aliphatic carbocycles. The second kappa shape index (κ2) is 17.1. The van der Waals surface area contributed by atoms with Crippen LogP contribution in [-0.4, -0.2) is 14.7 Å². The highest BCUT2D eigenvalue weighted by molar-refractivity contribution is 9.10. The summed E-state index contributed by atoms with van der Waals surface area (Å²) >= 11 is 7.45. The number of terminal acetylenes is 1. The summed E-state index contributed by atoms with van der Waals surface area (Å²) in [6.07, 6.45) is 16.1. The van der Waals surface area contributed by atoms with Crippen molar-refractivity contribution in [3.8, 4) is 12.8 Å². The van der Waals surface area contributed by atoms with Crippen LogP contribution in [0, 0.1) is 24.5 Å². The van der Waals surface area contributed by atoms with E-state index in [2.05, 4.69) is 78.7 Å². The number of benzene rings is 1. The molecule has 0 amide bonds. The molecule has 0 spiro atoms. The summed E-state index contributed by atoms with van der Waals surface area (Å²) in [5, 5.41) is 0. The summed E-state index contributed by atoms with van der Waals surface area (Å²) in [5.41, 5.74) is 6.80. The minimum absolute atomic E-state index is 0.0435. The van der Waals surface area contributed by atoms with E-state index in [0.717, 1.165) is 41.7 Å². The molecule has 1 heterocycles. The van der Waals surface area contributed by atoms with Crippen LogP contribution in [0.15, 0.2) is 53.9 Å². The molecule has 0 bridgehead atoms. The summed E-state index contributed by atoms with van der Waals surface area (Å²) in [4.78, 5) is 8.28. The Hall–Kier alpha value is -1.75. The number of halogens is 3. The maximum atomic E-state index is 11.9. The van der Waals surface area contributed by atoms with Crippen molar-refractivity contribution in [2.24, 2.45) is 5.73 Å². The zero-order valence-corrected chi connectivity index (χ0v) is 19.6. The Morgan fingerprint density at radius 1 is 1.17 bits per heavy atom. The quantitative estimate of drug-likeness (QED) is 0.219. The number of rotatable bonds is 5. The van der Waals surface area contributed by atoms with E-state index in [1.165, 1.54) is 12.1 Å². The Labute approximate surface area is 187 Å². The predicted molar refractivity (Wildman–Crippen MR) is 126 cm³/mol. The van der Waals surface area contributed by atoms with Gasteiger partial charge in [-0.25, -0.2) is 13.8 Å². The van der Waals surface area contributed by atoms with Crippen LogP contribution in [0.3, 0.4) is 0 Å². The third-order valence-electron chi connectivity index (χ3n) is 2.78. The molecule has 0 saturated carbocycles. The second-order valence-electron chi connectivity index (χ2n) is 6.64. The molecule has 1 aromatic heterocycles. The first-order valence-electron chi connectivity index (χ1n) is 8.84. The Morgan fingerprint density at radius 2 is 1.62 bits per heavy atom. The molecule has 0 fully saturated rings. The first kappa shape index (κ1) is 29.5. The van der Waals surface area contributed by atoms with Crippen LogP contribution in [0.5, 0.6) is 0 Å². The molecule has 0 saturated heterocycles. The van der Waals surface area contributed by atoms with Crippen molar-refractivity contribution in [1.29, 1.82) is 0 Å². The Balaban J connectivity index is 0. The van der Waals surface area contributed by atoms with Gasteiger partial charge in [-0.05, 0) is 47.3 Å². The summed E-state index contributed by atoms with van der Waals surface area (Å²) < 4.78 is 24.8. The van der Waals surface area contributed by atoms with E-state index in [4.69, 9.17) is 5.73 Å². The molecule has 2 aromatic rings. The minimum atomic E-state index is -0.799. The molecule has 1 aromatic carbocycles. The predicted octanol–water partition coefficient (Wildman–Crippen LogP) is 6.52. The maximum Gasteiger partial charge on any atom is 0.158 e. The van der Waals surface area contributed by atoms with Gasteiger partial charge in [-0.3, -0.25) is 4.98 Å². The first-order valence-corrected chi connectivity index (χ1v) is 10.1. The van der Waals surface area contributed by atoms with Gasteiger partial charge < -0.3 is 5.73 Å². The summed E-state index contributed by atoms with van der Waals surface area (Å²) in [6.45, 7) is 9.82. The van der Waals surface area contributed by atoms with E-state index in [0.29, 0.717) is 0 Å². The standard InChI is InChI=1S/C10H14BrN3.C6H4F2.C4H10S.C2H2/c1-2-3-4-5-8(12)9-10(11)14-7-6-13-9;7-5-3-1-2-4-6(5)8;1-4(2,3)5;1-2/h2,6-8H,1,3-5,12H2;1-4H;5H,1-3H3;1-2H/t8-;;;/m0.../s1. The molecule has 1 atom stereocenters. The maximum absolute atomic E-state index is 11.9. The molecule has 29 heavy (non-hydrogen) atoms. The van der Waals surface area contributed by atoms with E-state index in [9.17, 15) is 8.78 Å². The van der Waals surface area contributed by atoms with E-state index < -0.39 is 11.6 Å². The smallest absolute Gasteiger partial charge is 0.158 e. The number of allylic oxidation sites excluding steroid dienone is 1. The van der Waals surface area contributed by atoms with Gasteiger partial charge >= 0.3 is 0 Å². The normalized spacial score (nSPS) is 10.7. The summed E-state index contributed by atoms with van der Waals surface area (Å²) in [5.74, 6) is -1.60. The van der Waals surface area contributed by atoms with Crippen molar-refractivity contribution >= 4 is 28.6 Å². The van der Waals surface area contributed by atoms with Gasteiger partial charge in [0, 0.05) is 23.2 Å². The van der Waals surface area contributed by atoms with Crippen molar-refractivity contribution in [3.63, 3.8) is 0 Å². The highest BCUT2D eigenvalue weighted by Gasteiger charge is 2.10. The highest BCUT2D eigenvalue weighted by Crippen LogP contribution is 2.20. The van der Waals surface area contributed by atoms with Crippen molar-refractivity contribution in [3.05, 3.63) is 71.2 Å². The third kappa shape index (κ3) is 18.0. The van der Waals surface area contributed by atoms with Gasteiger partial charge in [0.05, 0.1) is 5.69 Å². The van der Waals surface area contributed by atoms with Crippen LogP contribution in [0.2, 0.25) is 0 Å². The van der Waals surface area contributed by atoms with Gasteiger partial charge in [-0.2, -0.15) is 12.6 Å². The van der Waals surface area contributed by atoms with E-state index in [-0.39, 0.29) is 10.8 Å². The van der Waals surface area contributed by atoms with Crippen LogP contribution < -0.4 is 5.73 Å². The Morgan fingerprint density at radius 3 is 2.00 bits per heavy atom. The molecule has 160 valence electrons. The lowest BCUT2D eigenvalue weighted by molar-refractivity contribution is 0.508. The Bertz CT molecular complexity index is 691. The van der Waals surface area contributed by atoms with Gasteiger partial charge in [0.2, 0.25) is 0 Å². The number of hydrogen-bond donors (Lipinski definition) is 2. The van der Waals surface area contributed by atoms with Gasteiger partial charge in [-0.15, -0.1) is 19.4 Å². The van der Waals surface area contributed by atoms with Crippen LogP contribution >= 0.6 is 28.6 Å². The fraction of sp³-hybridized carbons (Fsp3) is 0.364. The van der Waals surface area contributed by atoms with E-state index >= 15 is 0 Å². The molecular weight excluding hydrogens is 456 g/mol. The van der Waals surface area contributed by atoms with Crippen molar-refractivity contribution in [2.75, 3.05) is 0 Å². The second-order valence-corrected chi connectivity index (χ2v) is 8.74. The Kier molecular flexibility index (Phi) is 17.4. The number of unbranched alkanes of at least 4 members (excludes halogenated alkanes) is 1. The molecule has 7 heteroatoms. The number of nitrogens with two attached hydrogens (primary N) is 1. The van der Waals surface area contributed by atoms with Gasteiger partial charge in [0.1, 0.15) is 4.60 Å². The molecule has 0 unspecified atom stereocenters. The third-order valence-corrected chi connectivity index (χ3v) is 3.39. The van der Waals surface area contributed by atoms with Crippen LogP contribution in [0.1, 0.15) is 51.8 Å². The first-order chi connectivity index (χ1) is 13.6. The van der Waals surface area contributed by atoms with Gasteiger partial charge in [0.15, 0.2) is 11.6 Å². The van der Waals surface area contributed by atoms with Crippen LogP contribution in [0.4, 0.5) is 8.78 Å². The lowest BCUT2D eigenvalue weighted by atomic mass is 10.1. The summed E-state index contributed by atoms with van der Waals surface area (Å²) in [6, 6.07) is 5.00. The fourth-order valence-electron chi connectivity index (χ4n) is 1.64. The van der Waals surface area contributed by atoms with Gasteiger partial charge in [0.25, 0.3) is 0 Å². The largest absolute Gasteiger partial charge is 0.323 e. The zero-order valence-electron chi connectivity index (χ0n) is 17.2. The molecule has 2 N–H and O–H groups in total. The SMILES string of the molecule is C#C.C=CCCC[C@H](N)c1nccnc1Br.CC(C)(C)S.Fc1ccccc1F. The van der Waals surface area contributed by atoms with Crippen molar-refractivity contribution in [1.82, 2.24) is 9.97 Å². The van der Waals surface area contributed by atoms with Crippen LogP contribution in [0.25, 0.3) is 0 Å². The lowest BCUT2D eigenvalue weighted by Crippen LogP contribution is -2.13.